The van der Waals surface area contributed by atoms with Crippen LogP contribution < -0.4 is 16.4 Å². The molecule has 5 aromatic rings. The van der Waals surface area contributed by atoms with Gasteiger partial charge in [-0.1, -0.05) is 18.2 Å². The van der Waals surface area contributed by atoms with E-state index in [1.807, 2.05) is 12.1 Å². The van der Waals surface area contributed by atoms with E-state index < -0.39 is 11.8 Å². The fraction of sp³-hybridized carbons (Fsp3) is 0. The molecule has 0 aliphatic carbocycles. The van der Waals surface area contributed by atoms with Gasteiger partial charge in [0.1, 0.15) is 11.5 Å². The first kappa shape index (κ1) is 21.8. The Morgan fingerprint density at radius 3 is 2.37 bits per heavy atom. The van der Waals surface area contributed by atoms with Crippen LogP contribution in [0.15, 0.2) is 91.3 Å². The first-order valence-electron chi connectivity index (χ1n) is 10.7. The SMILES string of the molecule is NC(=O)c1cc(C(=O)Nc2ccc(Nc3ccc(F)cc3)c3ccncc23)nn1-c1ccccc1. The molecular weight excluding hydrogens is 447 g/mol. The van der Waals surface area contributed by atoms with Gasteiger partial charge in [-0.15, -0.1) is 0 Å². The summed E-state index contributed by atoms with van der Waals surface area (Å²) < 4.78 is 14.6. The minimum absolute atomic E-state index is 0.0354. The van der Waals surface area contributed by atoms with Gasteiger partial charge >= 0.3 is 0 Å². The predicted octanol–water partition coefficient (Wildman–Crippen LogP) is 4.65. The lowest BCUT2D eigenvalue weighted by molar-refractivity contribution is 0.0991. The number of fused-ring (bicyclic) bond motifs is 1. The van der Waals surface area contributed by atoms with Gasteiger partial charge in [0.05, 0.1) is 11.4 Å². The third-order valence-electron chi connectivity index (χ3n) is 5.38. The number of nitrogens with zero attached hydrogens (tertiary/aromatic N) is 3. The molecule has 5 rings (SSSR count). The smallest absolute Gasteiger partial charge is 0.276 e. The summed E-state index contributed by atoms with van der Waals surface area (Å²) in [5.41, 5.74) is 8.23. The van der Waals surface area contributed by atoms with Crippen molar-refractivity contribution in [1.82, 2.24) is 14.8 Å². The van der Waals surface area contributed by atoms with Crippen LogP contribution in [0.25, 0.3) is 16.5 Å². The zero-order valence-electron chi connectivity index (χ0n) is 18.3. The maximum atomic E-state index is 13.3. The van der Waals surface area contributed by atoms with Crippen molar-refractivity contribution in [3.05, 3.63) is 108 Å². The Hall–Kier alpha value is -5.05. The molecule has 0 saturated heterocycles. The summed E-state index contributed by atoms with van der Waals surface area (Å²) in [4.78, 5) is 29.2. The van der Waals surface area contributed by atoms with Crippen molar-refractivity contribution in [2.24, 2.45) is 5.73 Å². The lowest BCUT2D eigenvalue weighted by Gasteiger charge is -2.13. The molecule has 0 spiro atoms. The molecule has 8 nitrogen and oxygen atoms in total. The Labute approximate surface area is 199 Å². The van der Waals surface area contributed by atoms with Gasteiger partial charge in [-0.25, -0.2) is 9.07 Å². The number of hydrogen-bond acceptors (Lipinski definition) is 5. The molecule has 4 N–H and O–H groups in total. The highest BCUT2D eigenvalue weighted by Crippen LogP contribution is 2.31. The highest BCUT2D eigenvalue weighted by atomic mass is 19.1. The summed E-state index contributed by atoms with van der Waals surface area (Å²) in [5, 5.41) is 11.9. The van der Waals surface area contributed by atoms with Gasteiger partial charge in [0.15, 0.2) is 5.69 Å². The van der Waals surface area contributed by atoms with Gasteiger partial charge < -0.3 is 16.4 Å². The average Bonchev–Trinajstić information content (AvgIpc) is 3.34. The number of nitrogens with one attached hydrogen (secondary N) is 2. The van der Waals surface area contributed by atoms with Crippen LogP contribution in [0.3, 0.4) is 0 Å². The number of amides is 2. The van der Waals surface area contributed by atoms with Crippen molar-refractivity contribution < 1.29 is 14.0 Å². The fourth-order valence-electron chi connectivity index (χ4n) is 3.72. The first-order chi connectivity index (χ1) is 17.0. The largest absolute Gasteiger partial charge is 0.364 e. The number of carbonyl (C=O) groups excluding carboxylic acids is 2. The van der Waals surface area contributed by atoms with Gasteiger partial charge in [0, 0.05) is 40.6 Å². The highest BCUT2D eigenvalue weighted by Gasteiger charge is 2.19. The number of carbonyl (C=O) groups is 2. The second-order valence-electron chi connectivity index (χ2n) is 7.69. The molecule has 2 amide bonds. The monoisotopic (exact) mass is 466 g/mol. The minimum atomic E-state index is -0.703. The number of nitrogens with two attached hydrogens (primary N) is 1. The number of aromatic nitrogens is 3. The summed E-state index contributed by atoms with van der Waals surface area (Å²) in [6, 6.07) is 21.7. The van der Waals surface area contributed by atoms with E-state index in [0.717, 1.165) is 11.1 Å². The van der Waals surface area contributed by atoms with Gasteiger partial charge in [-0.2, -0.15) is 5.10 Å². The maximum absolute atomic E-state index is 13.3. The van der Waals surface area contributed by atoms with Crippen LogP contribution in [0.5, 0.6) is 0 Å². The quantitative estimate of drug-likeness (QED) is 0.337. The van der Waals surface area contributed by atoms with E-state index in [-0.39, 0.29) is 17.2 Å². The number of primary amides is 1. The van der Waals surface area contributed by atoms with Crippen LogP contribution in [-0.2, 0) is 0 Å². The Morgan fingerprint density at radius 2 is 1.63 bits per heavy atom. The number of anilines is 3. The zero-order valence-corrected chi connectivity index (χ0v) is 18.3. The Bertz CT molecular complexity index is 1550. The van der Waals surface area contributed by atoms with Crippen molar-refractivity contribution in [1.29, 1.82) is 0 Å². The van der Waals surface area contributed by atoms with E-state index in [2.05, 4.69) is 20.7 Å². The predicted molar refractivity (Wildman–Crippen MR) is 131 cm³/mol. The standard InChI is InChI=1S/C26H19FN6O2/c27-16-6-8-17(9-7-16)30-21-10-11-22(20-15-29-13-12-19(20)21)31-26(35)23-14-24(25(28)34)33(32-23)18-4-2-1-3-5-18/h1-15,30H,(H2,28,34)(H,31,35). The van der Waals surface area contributed by atoms with E-state index in [1.165, 1.54) is 22.9 Å². The Morgan fingerprint density at radius 1 is 0.886 bits per heavy atom. The molecule has 9 heteroatoms. The summed E-state index contributed by atoms with van der Waals surface area (Å²) in [6.45, 7) is 0. The molecule has 3 aromatic carbocycles. The molecule has 2 heterocycles. The summed E-state index contributed by atoms with van der Waals surface area (Å²) in [7, 11) is 0. The van der Waals surface area contributed by atoms with Crippen molar-refractivity contribution in [2.75, 3.05) is 10.6 Å². The van der Waals surface area contributed by atoms with Gasteiger partial charge in [0.25, 0.3) is 11.8 Å². The molecule has 2 aromatic heterocycles. The molecule has 0 aliphatic rings. The maximum Gasteiger partial charge on any atom is 0.276 e. The van der Waals surface area contributed by atoms with E-state index in [9.17, 15) is 14.0 Å². The Balaban J connectivity index is 1.47. The fourth-order valence-corrected chi connectivity index (χ4v) is 3.72. The number of benzene rings is 3. The van der Waals surface area contributed by atoms with Gasteiger partial charge in [-0.05, 0) is 54.6 Å². The second kappa shape index (κ2) is 9.06. The van der Waals surface area contributed by atoms with E-state index >= 15 is 0 Å². The van der Waals surface area contributed by atoms with Crippen LogP contribution >= 0.6 is 0 Å². The van der Waals surface area contributed by atoms with Crippen molar-refractivity contribution in [3.63, 3.8) is 0 Å². The third-order valence-corrected chi connectivity index (χ3v) is 5.38. The summed E-state index contributed by atoms with van der Waals surface area (Å²) in [6.07, 6.45) is 3.28. The lowest BCUT2D eigenvalue weighted by Crippen LogP contribution is -2.16. The summed E-state index contributed by atoms with van der Waals surface area (Å²) in [5.74, 6) is -1.53. The summed E-state index contributed by atoms with van der Waals surface area (Å²) >= 11 is 0. The molecule has 0 bridgehead atoms. The molecule has 35 heavy (non-hydrogen) atoms. The molecule has 0 aliphatic heterocycles. The van der Waals surface area contributed by atoms with E-state index in [0.29, 0.717) is 22.4 Å². The van der Waals surface area contributed by atoms with Crippen LogP contribution in [0.4, 0.5) is 21.5 Å². The molecule has 0 atom stereocenters. The number of pyridine rings is 1. The van der Waals surface area contributed by atoms with Crippen molar-refractivity contribution in [2.45, 2.75) is 0 Å². The lowest BCUT2D eigenvalue weighted by atomic mass is 10.1. The molecule has 0 saturated carbocycles. The average molecular weight is 466 g/mol. The molecular formula is C26H19FN6O2. The number of halogens is 1. The topological polar surface area (TPSA) is 115 Å². The van der Waals surface area contributed by atoms with Crippen LogP contribution in [-0.4, -0.2) is 26.6 Å². The third kappa shape index (κ3) is 4.42. The number of hydrogen-bond donors (Lipinski definition) is 3. The first-order valence-corrected chi connectivity index (χ1v) is 10.7. The zero-order chi connectivity index (χ0) is 24.4. The number of para-hydroxylation sites is 1. The molecule has 0 radical (unpaired) electrons. The highest BCUT2D eigenvalue weighted by molar-refractivity contribution is 6.11. The van der Waals surface area contributed by atoms with Crippen molar-refractivity contribution >= 4 is 39.6 Å². The van der Waals surface area contributed by atoms with Gasteiger partial charge in [-0.3, -0.25) is 14.6 Å². The second-order valence-corrected chi connectivity index (χ2v) is 7.69. The van der Waals surface area contributed by atoms with Crippen LogP contribution in [0, 0.1) is 5.82 Å². The van der Waals surface area contributed by atoms with Gasteiger partial charge in [0.2, 0.25) is 0 Å². The van der Waals surface area contributed by atoms with E-state index in [1.54, 1.807) is 60.9 Å². The molecule has 172 valence electrons. The minimum Gasteiger partial charge on any atom is -0.364 e. The van der Waals surface area contributed by atoms with Crippen LogP contribution in [0.1, 0.15) is 21.0 Å². The van der Waals surface area contributed by atoms with Crippen molar-refractivity contribution in [3.8, 4) is 5.69 Å². The Kier molecular flexibility index (Phi) is 5.64. The van der Waals surface area contributed by atoms with Crippen LogP contribution in [0.2, 0.25) is 0 Å². The molecule has 0 fully saturated rings. The van der Waals surface area contributed by atoms with E-state index in [4.69, 9.17) is 5.73 Å². The number of rotatable bonds is 6. The molecule has 0 unspecified atom stereocenters. The normalized spacial score (nSPS) is 10.8.